The Labute approximate surface area is 199 Å². The first-order valence-corrected chi connectivity index (χ1v) is 13.0. The molecule has 0 aliphatic rings. The number of halogens is 4. The molecule has 0 spiro atoms. The van der Waals surface area contributed by atoms with Gasteiger partial charge in [0.2, 0.25) is 5.88 Å². The van der Waals surface area contributed by atoms with Crippen LogP contribution in [-0.2, 0) is 16.3 Å². The summed E-state index contributed by atoms with van der Waals surface area (Å²) in [5.74, 6) is 1.11. The van der Waals surface area contributed by atoms with Crippen molar-refractivity contribution in [2.24, 2.45) is 17.8 Å². The summed E-state index contributed by atoms with van der Waals surface area (Å²) in [6, 6.07) is 1.64. The van der Waals surface area contributed by atoms with Gasteiger partial charge >= 0.3 is 16.3 Å². The Morgan fingerprint density at radius 1 is 1.06 bits per heavy atom. The van der Waals surface area contributed by atoms with Crippen LogP contribution in [0.2, 0.25) is 5.04 Å². The van der Waals surface area contributed by atoms with E-state index in [9.17, 15) is 30.5 Å². The van der Waals surface area contributed by atoms with Gasteiger partial charge in [-0.2, -0.15) is 21.6 Å². The first-order chi connectivity index (χ1) is 15.5. The van der Waals surface area contributed by atoms with Crippen LogP contribution in [0.5, 0.6) is 5.88 Å². The van der Waals surface area contributed by atoms with Gasteiger partial charge in [0.05, 0.1) is 12.7 Å². The lowest BCUT2D eigenvalue weighted by Crippen LogP contribution is -2.36. The molecule has 0 atom stereocenters. The molecule has 2 aromatic rings. The maximum absolute atomic E-state index is 14.9. The fourth-order valence-electron chi connectivity index (χ4n) is 4.69. The molecule has 11 heteroatoms. The van der Waals surface area contributed by atoms with Crippen molar-refractivity contribution in [3.05, 3.63) is 29.2 Å². The van der Waals surface area contributed by atoms with E-state index in [2.05, 4.69) is 16.4 Å². The molecule has 1 heterocycles. The Morgan fingerprint density at radius 2 is 1.59 bits per heavy atom. The van der Waals surface area contributed by atoms with Crippen molar-refractivity contribution in [1.29, 1.82) is 0 Å². The number of benzene rings is 1. The maximum atomic E-state index is 14.9. The van der Waals surface area contributed by atoms with Crippen molar-refractivity contribution in [1.82, 2.24) is 4.98 Å². The number of ether oxygens (including phenoxy) is 1. The number of alkyl halides is 3. The molecule has 0 fully saturated rings. The highest BCUT2D eigenvalue weighted by Gasteiger charge is 2.41. The van der Waals surface area contributed by atoms with Gasteiger partial charge in [0, 0.05) is 10.8 Å². The second kappa shape index (κ2) is 9.83. The van der Waals surface area contributed by atoms with Crippen molar-refractivity contribution in [2.45, 2.75) is 57.7 Å². The third-order valence-electron chi connectivity index (χ3n) is 6.10. The van der Waals surface area contributed by atoms with Gasteiger partial charge in [-0.05, 0) is 34.9 Å². The summed E-state index contributed by atoms with van der Waals surface area (Å²) >= 11 is 0. The van der Waals surface area contributed by atoms with E-state index in [1.54, 1.807) is 0 Å². The average Bonchev–Trinajstić information content (AvgIpc) is 2.68. The Hall–Kier alpha value is -2.16. The molecule has 2 radical (unpaired) electrons. The van der Waals surface area contributed by atoms with Gasteiger partial charge in [0.1, 0.15) is 5.82 Å². The molecule has 1 aromatic heterocycles. The molecule has 0 amide bonds. The lowest BCUT2D eigenvalue weighted by atomic mass is 9.76. The van der Waals surface area contributed by atoms with Crippen molar-refractivity contribution in [3.63, 3.8) is 0 Å². The summed E-state index contributed by atoms with van der Waals surface area (Å²) in [6.07, 6.45) is -5.08. The first kappa shape index (κ1) is 28.1. The number of rotatable bonds is 6. The van der Waals surface area contributed by atoms with E-state index in [1.165, 1.54) is 0 Å². The number of hydrogen-bond acceptors (Lipinski definition) is 4. The van der Waals surface area contributed by atoms with Gasteiger partial charge in [0.15, 0.2) is 20.1 Å². The Morgan fingerprint density at radius 3 is 2.00 bits per heavy atom. The number of fused-ring (bicyclic) bond motifs is 1. The van der Waals surface area contributed by atoms with Gasteiger partial charge in [0.25, 0.3) is 0 Å². The lowest BCUT2D eigenvalue weighted by Gasteiger charge is -2.43. The summed E-state index contributed by atoms with van der Waals surface area (Å²) in [4.78, 5) is 2.30. The van der Waals surface area contributed by atoms with E-state index in [0.717, 1.165) is 19.2 Å². The monoisotopic (exact) mass is 517 g/mol. The third-order valence-corrected chi connectivity index (χ3v) is 9.42. The topological polar surface area (TPSA) is 76.5 Å². The van der Waals surface area contributed by atoms with E-state index in [0.29, 0.717) is 0 Å². The zero-order valence-corrected chi connectivity index (χ0v) is 21.7. The van der Waals surface area contributed by atoms with Crippen LogP contribution in [0.15, 0.2) is 17.0 Å². The van der Waals surface area contributed by atoms with Crippen LogP contribution >= 0.6 is 0 Å². The Kier molecular flexibility index (Phi) is 8.12. The maximum Gasteiger partial charge on any atom is 0.434 e. The number of pyridine rings is 1. The SMILES string of the molecule is COc1nc(C(F)(F)F)c2c(C#C[Si]C(C(C)C)(C(C)C)C(C)C)c(F)ccc2c1S(=O)(=O)O. The van der Waals surface area contributed by atoms with Crippen LogP contribution in [0.1, 0.15) is 52.8 Å². The molecule has 2 rings (SSSR count). The molecular weight excluding hydrogens is 490 g/mol. The van der Waals surface area contributed by atoms with Gasteiger partial charge in [-0.1, -0.05) is 47.5 Å². The van der Waals surface area contributed by atoms with Crippen LogP contribution in [0.3, 0.4) is 0 Å². The summed E-state index contributed by atoms with van der Waals surface area (Å²) < 4.78 is 94.9. The highest BCUT2D eigenvalue weighted by Crippen LogP contribution is 2.49. The van der Waals surface area contributed by atoms with Crippen molar-refractivity contribution >= 4 is 30.4 Å². The quantitative estimate of drug-likeness (QED) is 0.227. The molecule has 1 N–H and O–H groups in total. The standard InChI is InChI=1S/C23H27F4NO4SSi/c1-12(2)22(13(3)4,14(5)6)34-11-10-15-17(24)9-8-16-18(15)20(23(25,26)27)28-21(32-7)19(16)33(29,30)31/h8-9,12-14H,1-7H3,(H,29,30,31). The van der Waals surface area contributed by atoms with Crippen LogP contribution in [-0.4, -0.2) is 34.6 Å². The molecule has 0 bridgehead atoms. The van der Waals surface area contributed by atoms with E-state index in [4.69, 9.17) is 4.74 Å². The highest BCUT2D eigenvalue weighted by atomic mass is 32.2. The second-order valence-electron chi connectivity index (χ2n) is 8.89. The van der Waals surface area contributed by atoms with Crippen molar-refractivity contribution < 1.29 is 35.3 Å². The molecule has 0 saturated heterocycles. The highest BCUT2D eigenvalue weighted by molar-refractivity contribution is 7.86. The Bertz CT molecular complexity index is 1220. The van der Waals surface area contributed by atoms with E-state index < -0.39 is 54.9 Å². The van der Waals surface area contributed by atoms with Crippen LogP contribution < -0.4 is 4.74 Å². The van der Waals surface area contributed by atoms with Gasteiger partial charge < -0.3 is 4.74 Å². The van der Waals surface area contributed by atoms with Crippen LogP contribution in [0.4, 0.5) is 17.6 Å². The van der Waals surface area contributed by atoms with E-state index in [-0.39, 0.29) is 32.3 Å². The minimum Gasteiger partial charge on any atom is -0.480 e. The largest absolute Gasteiger partial charge is 0.480 e. The fraction of sp³-hybridized carbons (Fsp3) is 0.522. The Balaban J connectivity index is 2.96. The predicted octanol–water partition coefficient (Wildman–Crippen LogP) is 5.79. The number of hydrogen-bond donors (Lipinski definition) is 1. The van der Waals surface area contributed by atoms with Crippen molar-refractivity contribution in [3.8, 4) is 17.3 Å². The lowest BCUT2D eigenvalue weighted by molar-refractivity contribution is -0.140. The minimum atomic E-state index is -5.08. The molecule has 0 unspecified atom stereocenters. The zero-order valence-electron chi connectivity index (χ0n) is 19.9. The molecule has 0 aliphatic heterocycles. The average molecular weight is 518 g/mol. The predicted molar refractivity (Wildman–Crippen MR) is 123 cm³/mol. The van der Waals surface area contributed by atoms with Gasteiger partial charge in [-0.3, -0.25) is 4.55 Å². The molecule has 186 valence electrons. The molecule has 34 heavy (non-hydrogen) atoms. The summed E-state index contributed by atoms with van der Waals surface area (Å²) in [7, 11) is -4.18. The normalized spacial score (nSPS) is 13.0. The molecule has 5 nitrogen and oxygen atoms in total. The minimum absolute atomic E-state index is 0.0266. The van der Waals surface area contributed by atoms with Crippen LogP contribution in [0.25, 0.3) is 10.8 Å². The van der Waals surface area contributed by atoms with Gasteiger partial charge in [-0.25, -0.2) is 9.37 Å². The number of methoxy groups -OCH3 is 1. The fourth-order valence-corrected chi connectivity index (χ4v) is 6.75. The second-order valence-corrected chi connectivity index (χ2v) is 11.6. The zero-order chi connectivity index (χ0) is 26.2. The first-order valence-electron chi connectivity index (χ1n) is 10.5. The smallest absolute Gasteiger partial charge is 0.434 e. The summed E-state index contributed by atoms with van der Waals surface area (Å²) in [6.45, 7) is 12.3. The number of nitrogens with zero attached hydrogens (tertiary/aromatic N) is 1. The molecule has 0 aliphatic carbocycles. The van der Waals surface area contributed by atoms with Crippen LogP contribution in [0, 0.1) is 35.0 Å². The molecule has 1 aromatic carbocycles. The van der Waals surface area contributed by atoms with E-state index in [1.807, 2.05) is 41.5 Å². The van der Waals surface area contributed by atoms with Gasteiger partial charge in [-0.15, -0.1) is 5.54 Å². The van der Waals surface area contributed by atoms with E-state index >= 15 is 0 Å². The third kappa shape index (κ3) is 5.09. The summed E-state index contributed by atoms with van der Waals surface area (Å²) in [5.41, 5.74) is 0.694. The molecule has 0 saturated carbocycles. The molecular formula is C23H27F4NO4SSi. The number of aromatic nitrogens is 1. The van der Waals surface area contributed by atoms with Crippen molar-refractivity contribution in [2.75, 3.05) is 7.11 Å². The summed E-state index contributed by atoms with van der Waals surface area (Å²) in [5, 5.41) is -1.69.